The van der Waals surface area contributed by atoms with Crippen molar-refractivity contribution in [1.29, 1.82) is 0 Å². The monoisotopic (exact) mass is 469 g/mol. The molecule has 1 amide bonds. The molecule has 0 atom stereocenters. The van der Waals surface area contributed by atoms with Gasteiger partial charge in [-0.1, -0.05) is 12.1 Å². The molecule has 1 N–H and O–H groups in total. The van der Waals surface area contributed by atoms with Crippen LogP contribution in [0.25, 0.3) is 0 Å². The van der Waals surface area contributed by atoms with E-state index in [1.807, 2.05) is 37.3 Å². The summed E-state index contributed by atoms with van der Waals surface area (Å²) in [5.41, 5.74) is 3.04. The molecule has 0 aromatic heterocycles. The number of nitrogens with zero attached hydrogens (tertiary/aromatic N) is 2. The predicted molar refractivity (Wildman–Crippen MR) is 133 cm³/mol. The first-order valence-electron chi connectivity index (χ1n) is 12.2. The first kappa shape index (κ1) is 24.2. The van der Waals surface area contributed by atoms with Crippen LogP contribution in [0.5, 0.6) is 11.5 Å². The van der Waals surface area contributed by atoms with Crippen molar-refractivity contribution >= 4 is 23.0 Å². The van der Waals surface area contributed by atoms with Crippen molar-refractivity contribution in [2.75, 3.05) is 80.9 Å². The fourth-order valence-corrected chi connectivity index (χ4v) is 4.18. The van der Waals surface area contributed by atoms with Crippen LogP contribution < -0.4 is 24.6 Å². The van der Waals surface area contributed by atoms with Gasteiger partial charge in [0.05, 0.1) is 51.0 Å². The van der Waals surface area contributed by atoms with E-state index in [2.05, 4.69) is 27.2 Å². The van der Waals surface area contributed by atoms with E-state index in [9.17, 15) is 4.79 Å². The van der Waals surface area contributed by atoms with Crippen molar-refractivity contribution < 1.29 is 23.7 Å². The van der Waals surface area contributed by atoms with E-state index >= 15 is 0 Å². The highest BCUT2D eigenvalue weighted by molar-refractivity contribution is 5.95. The van der Waals surface area contributed by atoms with Crippen LogP contribution in [0.4, 0.5) is 17.1 Å². The first-order valence-corrected chi connectivity index (χ1v) is 12.2. The summed E-state index contributed by atoms with van der Waals surface area (Å²) in [6.45, 7) is 9.20. The summed E-state index contributed by atoms with van der Waals surface area (Å²) in [5, 5.41) is 3.12. The zero-order chi connectivity index (χ0) is 23.6. The van der Waals surface area contributed by atoms with Gasteiger partial charge in [0, 0.05) is 38.3 Å². The van der Waals surface area contributed by atoms with Gasteiger partial charge in [-0.3, -0.25) is 4.79 Å². The lowest BCUT2D eigenvalue weighted by atomic mass is 10.1. The second-order valence-electron chi connectivity index (χ2n) is 8.28. The minimum atomic E-state index is -0.0182. The number of benzene rings is 2. The molecule has 2 heterocycles. The van der Waals surface area contributed by atoms with E-state index in [0.717, 1.165) is 62.2 Å². The second-order valence-corrected chi connectivity index (χ2v) is 8.28. The Balaban J connectivity index is 1.35. The van der Waals surface area contributed by atoms with E-state index in [1.54, 1.807) is 0 Å². The van der Waals surface area contributed by atoms with Gasteiger partial charge in [0.25, 0.3) is 0 Å². The molecule has 2 aromatic rings. The number of carbonyl (C=O) groups is 1. The maximum Gasteiger partial charge on any atom is 0.224 e. The third-order valence-corrected chi connectivity index (χ3v) is 5.94. The minimum absolute atomic E-state index is 0.0182. The molecule has 4 rings (SSSR count). The Kier molecular flexibility index (Phi) is 8.87. The molecule has 0 radical (unpaired) electrons. The summed E-state index contributed by atoms with van der Waals surface area (Å²) in [6, 6.07) is 13.9. The van der Waals surface area contributed by atoms with E-state index in [4.69, 9.17) is 18.9 Å². The molecular weight excluding hydrogens is 434 g/mol. The molecule has 2 fully saturated rings. The lowest BCUT2D eigenvalue weighted by Crippen LogP contribution is -2.38. The van der Waals surface area contributed by atoms with Crippen LogP contribution >= 0.6 is 0 Å². The van der Waals surface area contributed by atoms with Gasteiger partial charge in [-0.2, -0.15) is 0 Å². The van der Waals surface area contributed by atoms with Crippen molar-refractivity contribution in [2.24, 2.45) is 0 Å². The molecule has 34 heavy (non-hydrogen) atoms. The van der Waals surface area contributed by atoms with Gasteiger partial charge >= 0.3 is 0 Å². The van der Waals surface area contributed by atoms with Gasteiger partial charge in [0.1, 0.15) is 0 Å². The van der Waals surface area contributed by atoms with E-state index in [1.165, 1.54) is 0 Å². The van der Waals surface area contributed by atoms with Gasteiger partial charge < -0.3 is 34.1 Å². The van der Waals surface area contributed by atoms with Crippen molar-refractivity contribution in [3.8, 4) is 11.5 Å². The number of anilines is 3. The third-order valence-electron chi connectivity index (χ3n) is 5.94. The Morgan fingerprint density at radius 1 is 0.912 bits per heavy atom. The van der Waals surface area contributed by atoms with Crippen molar-refractivity contribution in [1.82, 2.24) is 0 Å². The van der Waals surface area contributed by atoms with Gasteiger partial charge in [-0.15, -0.1) is 0 Å². The van der Waals surface area contributed by atoms with Crippen LogP contribution in [0.2, 0.25) is 0 Å². The average Bonchev–Trinajstić information content (AvgIpc) is 2.89. The number of ether oxygens (including phenoxy) is 4. The molecule has 2 aromatic carbocycles. The van der Waals surface area contributed by atoms with Crippen molar-refractivity contribution in [2.45, 2.75) is 19.8 Å². The molecule has 0 unspecified atom stereocenters. The fraction of sp³-hybridized carbons (Fsp3) is 0.500. The van der Waals surface area contributed by atoms with E-state index in [-0.39, 0.29) is 5.91 Å². The Morgan fingerprint density at radius 3 is 2.24 bits per heavy atom. The molecule has 8 heteroatoms. The fourth-order valence-electron chi connectivity index (χ4n) is 4.18. The highest BCUT2D eigenvalue weighted by Crippen LogP contribution is 2.32. The molecule has 0 spiro atoms. The smallest absolute Gasteiger partial charge is 0.224 e. The summed E-state index contributed by atoms with van der Waals surface area (Å²) < 4.78 is 22.5. The maximum atomic E-state index is 12.8. The molecule has 2 saturated heterocycles. The minimum Gasteiger partial charge on any atom is -0.490 e. The number of morpholine rings is 2. The Hall–Kier alpha value is -2.97. The summed E-state index contributed by atoms with van der Waals surface area (Å²) in [6.07, 6.45) is 0.996. The normalized spacial score (nSPS) is 16.3. The topological polar surface area (TPSA) is 72.5 Å². The molecular formula is C26H35N3O5. The number of hydrogen-bond donors (Lipinski definition) is 1. The van der Waals surface area contributed by atoms with Crippen LogP contribution in [0.1, 0.15) is 19.8 Å². The lowest BCUT2D eigenvalue weighted by molar-refractivity contribution is -0.116. The first-order chi connectivity index (χ1) is 16.7. The molecule has 184 valence electrons. The highest BCUT2D eigenvalue weighted by Gasteiger charge is 2.19. The number of hydrogen-bond acceptors (Lipinski definition) is 7. The van der Waals surface area contributed by atoms with Crippen LogP contribution in [0.15, 0.2) is 42.5 Å². The number of amides is 1. The van der Waals surface area contributed by atoms with Gasteiger partial charge in [-0.05, 0) is 43.7 Å². The zero-order valence-corrected chi connectivity index (χ0v) is 20.0. The predicted octanol–water partition coefficient (Wildman–Crippen LogP) is 3.56. The molecule has 2 aliphatic rings. The third kappa shape index (κ3) is 6.55. The summed E-state index contributed by atoms with van der Waals surface area (Å²) >= 11 is 0. The lowest BCUT2D eigenvalue weighted by Gasteiger charge is -2.33. The largest absolute Gasteiger partial charge is 0.490 e. The summed E-state index contributed by atoms with van der Waals surface area (Å²) in [4.78, 5) is 17.4. The van der Waals surface area contributed by atoms with Crippen molar-refractivity contribution in [3.05, 3.63) is 42.5 Å². The van der Waals surface area contributed by atoms with E-state index < -0.39 is 0 Å². The van der Waals surface area contributed by atoms with Crippen LogP contribution in [-0.2, 0) is 14.3 Å². The highest BCUT2D eigenvalue weighted by atomic mass is 16.5. The van der Waals surface area contributed by atoms with Crippen LogP contribution in [-0.4, -0.2) is 71.7 Å². The van der Waals surface area contributed by atoms with Crippen molar-refractivity contribution in [3.63, 3.8) is 0 Å². The molecule has 0 aliphatic carbocycles. The molecule has 0 saturated carbocycles. The molecule has 0 bridgehead atoms. The Bertz CT molecular complexity index is 926. The Labute approximate surface area is 201 Å². The zero-order valence-electron chi connectivity index (χ0n) is 20.0. The van der Waals surface area contributed by atoms with Crippen LogP contribution in [0.3, 0.4) is 0 Å². The molecule has 8 nitrogen and oxygen atoms in total. The second kappa shape index (κ2) is 12.5. The maximum absolute atomic E-state index is 12.8. The van der Waals surface area contributed by atoms with Crippen LogP contribution in [0, 0.1) is 0 Å². The van der Waals surface area contributed by atoms with Gasteiger partial charge in [-0.25, -0.2) is 0 Å². The SMILES string of the molecule is CCOc1ccccc1OCCCC(=O)Nc1ccc(N2CCOCC2)cc1N1CCOCC1. The summed E-state index contributed by atoms with van der Waals surface area (Å²) in [5.74, 6) is 1.42. The quantitative estimate of drug-likeness (QED) is 0.534. The number of nitrogens with one attached hydrogen (secondary N) is 1. The standard InChI is InChI=1S/C26H35N3O5/c1-2-33-24-6-3-4-7-25(24)34-15-5-8-26(30)27-22-10-9-21(28-11-16-31-17-12-28)20-23(22)29-13-18-32-19-14-29/h3-4,6-7,9-10,20H,2,5,8,11-19H2,1H3,(H,27,30). The van der Waals surface area contributed by atoms with Gasteiger partial charge in [0.15, 0.2) is 11.5 Å². The number of para-hydroxylation sites is 2. The average molecular weight is 470 g/mol. The van der Waals surface area contributed by atoms with E-state index in [0.29, 0.717) is 45.0 Å². The van der Waals surface area contributed by atoms with Gasteiger partial charge in [0.2, 0.25) is 5.91 Å². The Morgan fingerprint density at radius 2 is 1.56 bits per heavy atom. The number of rotatable bonds is 10. The molecule has 2 aliphatic heterocycles. The number of carbonyl (C=O) groups excluding carboxylic acids is 1. The summed E-state index contributed by atoms with van der Waals surface area (Å²) in [7, 11) is 0.